The van der Waals surface area contributed by atoms with Crippen molar-refractivity contribution in [1.82, 2.24) is 0 Å². The zero-order chi connectivity index (χ0) is 12.4. The highest BCUT2D eigenvalue weighted by atomic mass is 19.4. The van der Waals surface area contributed by atoms with E-state index in [-0.39, 0.29) is 12.0 Å². The minimum atomic E-state index is -4.46. The maximum atomic E-state index is 12.1. The summed E-state index contributed by atoms with van der Waals surface area (Å²) >= 11 is 0. The van der Waals surface area contributed by atoms with Gasteiger partial charge in [-0.3, -0.25) is 0 Å². The Labute approximate surface area is 87.9 Å². The molecular formula is C10H8F6. The summed E-state index contributed by atoms with van der Waals surface area (Å²) in [5.74, 6) is 0. The molecule has 0 saturated heterocycles. The van der Waals surface area contributed by atoms with Gasteiger partial charge in [0.25, 0.3) is 0 Å². The standard InChI is InChI=1S/C10H8F6/c11-9(12,13)6-5-7-1-3-8(4-2-7)10(14,15)16/h1-4H,5-6H2. The van der Waals surface area contributed by atoms with Crippen molar-refractivity contribution in [2.24, 2.45) is 0 Å². The quantitative estimate of drug-likeness (QED) is 0.682. The molecule has 0 saturated carbocycles. The van der Waals surface area contributed by atoms with E-state index in [0.29, 0.717) is 0 Å². The van der Waals surface area contributed by atoms with Crippen molar-refractivity contribution in [2.75, 3.05) is 0 Å². The highest BCUT2D eigenvalue weighted by Crippen LogP contribution is 2.29. The van der Waals surface area contributed by atoms with E-state index >= 15 is 0 Å². The number of alkyl halides is 6. The van der Waals surface area contributed by atoms with Gasteiger partial charge >= 0.3 is 12.4 Å². The Hall–Kier alpha value is -1.20. The maximum absolute atomic E-state index is 12.1. The van der Waals surface area contributed by atoms with E-state index in [2.05, 4.69) is 0 Å². The largest absolute Gasteiger partial charge is 0.416 e. The van der Waals surface area contributed by atoms with Gasteiger partial charge in [-0.25, -0.2) is 0 Å². The second-order valence-corrected chi connectivity index (χ2v) is 3.31. The van der Waals surface area contributed by atoms with Crippen LogP contribution in [0.4, 0.5) is 26.3 Å². The Morgan fingerprint density at radius 1 is 0.812 bits per heavy atom. The number of halogens is 6. The van der Waals surface area contributed by atoms with Crippen molar-refractivity contribution in [3.8, 4) is 0 Å². The molecule has 0 aliphatic heterocycles. The van der Waals surface area contributed by atoms with Crippen LogP contribution in [0.1, 0.15) is 17.5 Å². The molecule has 6 heteroatoms. The summed E-state index contributed by atoms with van der Waals surface area (Å²) in [4.78, 5) is 0. The molecule has 0 atom stereocenters. The average Bonchev–Trinajstić information content (AvgIpc) is 2.13. The van der Waals surface area contributed by atoms with Gasteiger partial charge in [-0.2, -0.15) is 26.3 Å². The van der Waals surface area contributed by atoms with Gasteiger partial charge in [0, 0.05) is 6.42 Å². The Bertz CT molecular complexity index is 332. The third kappa shape index (κ3) is 4.12. The van der Waals surface area contributed by atoms with Crippen LogP contribution in [-0.4, -0.2) is 6.18 Å². The zero-order valence-corrected chi connectivity index (χ0v) is 7.99. The summed E-state index contributed by atoms with van der Waals surface area (Å²) in [6.07, 6.45) is -10.1. The van der Waals surface area contributed by atoms with E-state index < -0.39 is 24.3 Å². The van der Waals surface area contributed by atoms with Gasteiger partial charge in [-0.1, -0.05) is 12.1 Å². The number of aryl methyl sites for hydroxylation is 1. The Kier molecular flexibility index (Phi) is 3.50. The fraction of sp³-hybridized carbons (Fsp3) is 0.400. The molecule has 1 aromatic rings. The van der Waals surface area contributed by atoms with E-state index in [1.54, 1.807) is 0 Å². The van der Waals surface area contributed by atoms with Crippen LogP contribution in [-0.2, 0) is 12.6 Å². The van der Waals surface area contributed by atoms with Gasteiger partial charge in [0.15, 0.2) is 0 Å². The molecule has 0 amide bonds. The average molecular weight is 242 g/mol. The lowest BCUT2D eigenvalue weighted by Gasteiger charge is -2.08. The number of rotatable bonds is 2. The van der Waals surface area contributed by atoms with Crippen LogP contribution in [0, 0.1) is 0 Å². The van der Waals surface area contributed by atoms with Crippen LogP contribution in [0.25, 0.3) is 0 Å². The molecule has 0 N–H and O–H groups in total. The minimum absolute atomic E-state index is 0.241. The predicted molar refractivity (Wildman–Crippen MR) is 45.8 cm³/mol. The summed E-state index contributed by atoms with van der Waals surface area (Å²) in [7, 11) is 0. The van der Waals surface area contributed by atoms with Crippen LogP contribution in [0.15, 0.2) is 24.3 Å². The molecular weight excluding hydrogens is 234 g/mol. The third-order valence-corrected chi connectivity index (χ3v) is 1.98. The maximum Gasteiger partial charge on any atom is 0.416 e. The van der Waals surface area contributed by atoms with Gasteiger partial charge < -0.3 is 0 Å². The van der Waals surface area contributed by atoms with Gasteiger partial charge in [-0.15, -0.1) is 0 Å². The van der Waals surface area contributed by atoms with Gasteiger partial charge in [-0.05, 0) is 24.1 Å². The van der Waals surface area contributed by atoms with Crippen LogP contribution in [0.5, 0.6) is 0 Å². The smallest absolute Gasteiger partial charge is 0.171 e. The monoisotopic (exact) mass is 242 g/mol. The SMILES string of the molecule is FC(F)(F)CCc1ccc(C(F)(F)F)cc1. The molecule has 0 heterocycles. The summed E-state index contributed by atoms with van der Waals surface area (Å²) in [5, 5.41) is 0. The molecule has 1 rings (SSSR count). The normalized spacial score (nSPS) is 12.9. The molecule has 0 bridgehead atoms. The Morgan fingerprint density at radius 2 is 1.31 bits per heavy atom. The number of hydrogen-bond acceptors (Lipinski definition) is 0. The molecule has 0 radical (unpaired) electrons. The van der Waals surface area contributed by atoms with Crippen molar-refractivity contribution >= 4 is 0 Å². The number of benzene rings is 1. The Morgan fingerprint density at radius 3 is 1.69 bits per heavy atom. The zero-order valence-electron chi connectivity index (χ0n) is 7.99. The van der Waals surface area contributed by atoms with Crippen LogP contribution >= 0.6 is 0 Å². The van der Waals surface area contributed by atoms with E-state index in [1.165, 1.54) is 0 Å². The molecule has 0 nitrogen and oxygen atoms in total. The van der Waals surface area contributed by atoms with E-state index in [1.807, 2.05) is 0 Å². The van der Waals surface area contributed by atoms with Gasteiger partial charge in [0.1, 0.15) is 0 Å². The predicted octanol–water partition coefficient (Wildman–Crippen LogP) is 4.20. The van der Waals surface area contributed by atoms with Crippen molar-refractivity contribution in [2.45, 2.75) is 25.2 Å². The third-order valence-electron chi connectivity index (χ3n) is 1.98. The van der Waals surface area contributed by atoms with Crippen LogP contribution in [0.2, 0.25) is 0 Å². The molecule has 0 unspecified atom stereocenters. The fourth-order valence-corrected chi connectivity index (χ4v) is 1.15. The highest BCUT2D eigenvalue weighted by molar-refractivity contribution is 5.24. The van der Waals surface area contributed by atoms with Crippen molar-refractivity contribution in [1.29, 1.82) is 0 Å². The molecule has 1 aromatic carbocycles. The van der Waals surface area contributed by atoms with Crippen molar-refractivity contribution in [3.63, 3.8) is 0 Å². The van der Waals surface area contributed by atoms with Crippen molar-refractivity contribution < 1.29 is 26.3 Å². The first-order valence-corrected chi connectivity index (χ1v) is 4.41. The first-order chi connectivity index (χ1) is 7.18. The summed E-state index contributed by atoms with van der Waals surface area (Å²) in [5.41, 5.74) is -0.617. The van der Waals surface area contributed by atoms with Crippen LogP contribution in [0.3, 0.4) is 0 Å². The topological polar surface area (TPSA) is 0 Å². The fourth-order valence-electron chi connectivity index (χ4n) is 1.15. The van der Waals surface area contributed by atoms with E-state index in [9.17, 15) is 26.3 Å². The minimum Gasteiger partial charge on any atom is -0.171 e. The lowest BCUT2D eigenvalue weighted by atomic mass is 10.1. The van der Waals surface area contributed by atoms with Crippen LogP contribution < -0.4 is 0 Å². The van der Waals surface area contributed by atoms with Crippen molar-refractivity contribution in [3.05, 3.63) is 35.4 Å². The lowest BCUT2D eigenvalue weighted by molar-refractivity contribution is -0.138. The molecule has 0 spiro atoms. The number of hydrogen-bond donors (Lipinski definition) is 0. The molecule has 0 aliphatic rings. The van der Waals surface area contributed by atoms with Gasteiger partial charge in [0.05, 0.1) is 5.56 Å². The molecule has 0 fully saturated rings. The molecule has 0 aliphatic carbocycles. The molecule has 90 valence electrons. The summed E-state index contributed by atoms with van der Waals surface area (Å²) in [6, 6.07) is 3.69. The highest BCUT2D eigenvalue weighted by Gasteiger charge is 2.30. The lowest BCUT2D eigenvalue weighted by Crippen LogP contribution is -2.09. The second-order valence-electron chi connectivity index (χ2n) is 3.31. The first kappa shape index (κ1) is 12.9. The molecule has 16 heavy (non-hydrogen) atoms. The molecule has 0 aromatic heterocycles. The van der Waals surface area contributed by atoms with E-state index in [4.69, 9.17) is 0 Å². The van der Waals surface area contributed by atoms with E-state index in [0.717, 1.165) is 24.3 Å². The Balaban J connectivity index is 2.66. The van der Waals surface area contributed by atoms with Gasteiger partial charge in [0.2, 0.25) is 0 Å². The second kappa shape index (κ2) is 4.35. The summed E-state index contributed by atoms with van der Waals surface area (Å²) in [6.45, 7) is 0. The summed E-state index contributed by atoms with van der Waals surface area (Å²) < 4.78 is 71.8. The first-order valence-electron chi connectivity index (χ1n) is 4.41.